The fraction of sp³-hybridized carbons (Fsp3) is 0. The van der Waals surface area contributed by atoms with Crippen molar-refractivity contribution in [3.8, 4) is 6.07 Å². The molecule has 0 aliphatic carbocycles. The van der Waals surface area contributed by atoms with E-state index in [2.05, 4.69) is 4.72 Å². The van der Waals surface area contributed by atoms with Gasteiger partial charge in [0, 0.05) is 17.7 Å². The maximum Gasteiger partial charge on any atom is 0.277 e. The highest BCUT2D eigenvalue weighted by Crippen LogP contribution is 2.31. The van der Waals surface area contributed by atoms with Crippen LogP contribution < -0.4 is 9.44 Å². The molecule has 0 radical (unpaired) electrons. The lowest BCUT2D eigenvalue weighted by Gasteiger charge is -2.08. The number of carbonyl (C=O) groups is 1. The summed E-state index contributed by atoms with van der Waals surface area (Å²) in [6.07, 6.45) is 0. The number of nitro groups is 1. The molecular formula is C16H10N4O7S2. The second-order valence-electron chi connectivity index (χ2n) is 5.65. The fourth-order valence-corrected chi connectivity index (χ4v) is 4.80. The predicted molar refractivity (Wildman–Crippen MR) is 97.7 cm³/mol. The van der Waals surface area contributed by atoms with Gasteiger partial charge in [-0.15, -0.1) is 0 Å². The molecule has 0 atom stereocenters. The second-order valence-corrected chi connectivity index (χ2v) is 8.98. The van der Waals surface area contributed by atoms with Gasteiger partial charge in [-0.2, -0.15) is 5.26 Å². The monoisotopic (exact) mass is 434 g/mol. The lowest BCUT2D eigenvalue weighted by atomic mass is 10.1. The minimum Gasteiger partial charge on any atom is -0.277 e. The molecule has 2 N–H and O–H groups in total. The standard InChI is InChI=1S/C16H10N4O7S2/c17-9-13(15-12-3-1-2-4-14(12)29(26,27)18-15)16(21)19-28(24,25)11-7-5-10(6-8-11)20(22)23/h1-8,18H,(H,19,21). The summed E-state index contributed by atoms with van der Waals surface area (Å²) in [5.74, 6) is -1.36. The van der Waals surface area contributed by atoms with Gasteiger partial charge in [0.2, 0.25) is 0 Å². The average Bonchev–Trinajstić information content (AvgIpc) is 2.93. The molecule has 0 fully saturated rings. The van der Waals surface area contributed by atoms with Gasteiger partial charge in [-0.05, 0) is 18.2 Å². The van der Waals surface area contributed by atoms with Gasteiger partial charge in [0.15, 0.2) is 0 Å². The van der Waals surface area contributed by atoms with Crippen LogP contribution in [0.25, 0.3) is 5.70 Å². The summed E-state index contributed by atoms with van der Waals surface area (Å²) in [6, 6.07) is 10.8. The Kier molecular flexibility index (Phi) is 4.83. The van der Waals surface area contributed by atoms with E-state index < -0.39 is 41.3 Å². The highest BCUT2D eigenvalue weighted by atomic mass is 32.2. The van der Waals surface area contributed by atoms with Gasteiger partial charge in [-0.25, -0.2) is 21.6 Å². The Hall–Kier alpha value is -3.76. The number of amides is 1. The van der Waals surface area contributed by atoms with Crippen molar-refractivity contribution in [2.24, 2.45) is 0 Å². The first-order chi connectivity index (χ1) is 13.6. The lowest BCUT2D eigenvalue weighted by Crippen LogP contribution is -2.32. The van der Waals surface area contributed by atoms with Crippen LogP contribution in [0.1, 0.15) is 5.56 Å². The van der Waals surface area contributed by atoms with Crippen molar-refractivity contribution in [1.29, 1.82) is 5.26 Å². The third-order valence-electron chi connectivity index (χ3n) is 3.86. The van der Waals surface area contributed by atoms with Crippen LogP contribution in [-0.4, -0.2) is 27.7 Å². The zero-order valence-electron chi connectivity index (χ0n) is 14.2. The number of sulfonamides is 2. The molecule has 3 rings (SSSR count). The fourth-order valence-electron chi connectivity index (χ4n) is 2.54. The molecule has 11 nitrogen and oxygen atoms in total. The molecule has 0 spiro atoms. The Morgan fingerprint density at radius 1 is 1.14 bits per heavy atom. The van der Waals surface area contributed by atoms with Crippen LogP contribution in [0.3, 0.4) is 0 Å². The van der Waals surface area contributed by atoms with Crippen LogP contribution in [0.5, 0.6) is 0 Å². The van der Waals surface area contributed by atoms with E-state index >= 15 is 0 Å². The summed E-state index contributed by atoms with van der Waals surface area (Å²) in [4.78, 5) is 21.8. The highest BCUT2D eigenvalue weighted by molar-refractivity contribution is 7.90. The van der Waals surface area contributed by atoms with E-state index in [0.717, 1.165) is 24.3 Å². The topological polar surface area (TPSA) is 176 Å². The molecule has 2 aromatic rings. The molecule has 1 aliphatic heterocycles. The summed E-state index contributed by atoms with van der Waals surface area (Å²) < 4.78 is 52.7. The minimum absolute atomic E-state index is 0.0481. The summed E-state index contributed by atoms with van der Waals surface area (Å²) >= 11 is 0. The first-order valence-electron chi connectivity index (χ1n) is 7.65. The number of nitrogens with zero attached hydrogens (tertiary/aromatic N) is 2. The number of benzene rings is 2. The normalized spacial score (nSPS) is 16.1. The Labute approximate surface area is 164 Å². The average molecular weight is 434 g/mol. The van der Waals surface area contributed by atoms with E-state index in [0.29, 0.717) is 0 Å². The number of rotatable bonds is 4. The number of hydrogen-bond donors (Lipinski definition) is 2. The van der Waals surface area contributed by atoms with E-state index in [-0.39, 0.29) is 21.8 Å². The van der Waals surface area contributed by atoms with Crippen molar-refractivity contribution in [3.63, 3.8) is 0 Å². The number of fused-ring (bicyclic) bond motifs is 1. The Bertz CT molecular complexity index is 1320. The second kappa shape index (κ2) is 7.00. The van der Waals surface area contributed by atoms with Gasteiger partial charge in [-0.1, -0.05) is 18.2 Å². The van der Waals surface area contributed by atoms with Crippen LogP contribution in [0.2, 0.25) is 0 Å². The van der Waals surface area contributed by atoms with Crippen molar-refractivity contribution >= 4 is 37.3 Å². The molecule has 29 heavy (non-hydrogen) atoms. The van der Waals surface area contributed by atoms with E-state index in [1.807, 2.05) is 0 Å². The van der Waals surface area contributed by atoms with Crippen molar-refractivity contribution in [2.75, 3.05) is 0 Å². The first kappa shape index (κ1) is 20.0. The van der Waals surface area contributed by atoms with Gasteiger partial charge < -0.3 is 0 Å². The van der Waals surface area contributed by atoms with Gasteiger partial charge >= 0.3 is 0 Å². The van der Waals surface area contributed by atoms with Crippen LogP contribution >= 0.6 is 0 Å². The zero-order valence-corrected chi connectivity index (χ0v) is 15.8. The lowest BCUT2D eigenvalue weighted by molar-refractivity contribution is -0.384. The van der Waals surface area contributed by atoms with E-state index in [1.54, 1.807) is 4.72 Å². The number of hydrogen-bond acceptors (Lipinski definition) is 8. The number of nitriles is 1. The molecule has 13 heteroatoms. The van der Waals surface area contributed by atoms with Crippen molar-refractivity contribution in [2.45, 2.75) is 9.79 Å². The smallest absolute Gasteiger partial charge is 0.277 e. The molecule has 148 valence electrons. The summed E-state index contributed by atoms with van der Waals surface area (Å²) in [6.45, 7) is 0. The van der Waals surface area contributed by atoms with Crippen molar-refractivity contribution in [3.05, 3.63) is 69.8 Å². The summed E-state index contributed by atoms with van der Waals surface area (Å²) in [7, 11) is -8.48. The zero-order chi connectivity index (χ0) is 21.4. The van der Waals surface area contributed by atoms with Crippen LogP contribution in [0.15, 0.2) is 63.9 Å². The van der Waals surface area contributed by atoms with E-state index in [4.69, 9.17) is 0 Å². The number of nitro benzene ring substituents is 1. The number of carbonyl (C=O) groups excluding carboxylic acids is 1. The SMILES string of the molecule is N#CC(C(=O)NS(=O)(=O)c1ccc([N+](=O)[O-])cc1)=C1NS(=O)(=O)c2ccccc21. The molecule has 0 bridgehead atoms. The largest absolute Gasteiger partial charge is 0.277 e. The molecule has 0 aromatic heterocycles. The number of nitrogens with one attached hydrogen (secondary N) is 2. The maximum absolute atomic E-state index is 12.4. The molecule has 0 unspecified atom stereocenters. The quantitative estimate of drug-likeness (QED) is 0.304. The van der Waals surface area contributed by atoms with E-state index in [9.17, 15) is 37.0 Å². The first-order valence-corrected chi connectivity index (χ1v) is 10.6. The van der Waals surface area contributed by atoms with Crippen LogP contribution in [0.4, 0.5) is 5.69 Å². The van der Waals surface area contributed by atoms with Gasteiger partial charge in [0.05, 0.1) is 20.4 Å². The van der Waals surface area contributed by atoms with Gasteiger partial charge in [0.25, 0.3) is 31.6 Å². The molecule has 1 heterocycles. The molecular weight excluding hydrogens is 424 g/mol. The summed E-state index contributed by atoms with van der Waals surface area (Å²) in [5.41, 5.74) is -1.41. The van der Waals surface area contributed by atoms with Crippen LogP contribution in [-0.2, 0) is 24.8 Å². The molecule has 2 aromatic carbocycles. The summed E-state index contributed by atoms with van der Waals surface area (Å²) in [5, 5.41) is 20.0. The molecule has 0 saturated heterocycles. The van der Waals surface area contributed by atoms with Crippen molar-refractivity contribution < 1.29 is 26.6 Å². The highest BCUT2D eigenvalue weighted by Gasteiger charge is 2.34. The van der Waals surface area contributed by atoms with E-state index in [1.165, 1.54) is 30.3 Å². The molecule has 1 aliphatic rings. The van der Waals surface area contributed by atoms with Crippen LogP contribution in [0, 0.1) is 21.4 Å². The van der Waals surface area contributed by atoms with Gasteiger partial charge in [0.1, 0.15) is 11.6 Å². The molecule has 0 saturated carbocycles. The van der Waals surface area contributed by atoms with Gasteiger partial charge in [-0.3, -0.25) is 19.6 Å². The Morgan fingerprint density at radius 2 is 1.76 bits per heavy atom. The predicted octanol–water partition coefficient (Wildman–Crippen LogP) is 0.626. The third kappa shape index (κ3) is 3.66. The Balaban J connectivity index is 1.98. The maximum atomic E-state index is 12.4. The minimum atomic E-state index is -4.48. The number of non-ortho nitro benzene ring substituents is 1. The van der Waals surface area contributed by atoms with Crippen molar-refractivity contribution in [1.82, 2.24) is 9.44 Å². The molecule has 1 amide bonds. The third-order valence-corrected chi connectivity index (χ3v) is 6.61. The Morgan fingerprint density at radius 3 is 2.34 bits per heavy atom.